The van der Waals surface area contributed by atoms with Crippen molar-refractivity contribution in [2.45, 2.75) is 25.7 Å². The number of hydrogen-bond acceptors (Lipinski definition) is 2. The molecule has 2 rings (SSSR count). The Bertz CT molecular complexity index is 195. The van der Waals surface area contributed by atoms with Crippen LogP contribution in [0.5, 0.6) is 0 Å². The zero-order valence-electron chi connectivity index (χ0n) is 6.30. The normalized spacial score (nSPS) is 33.7. The van der Waals surface area contributed by atoms with Gasteiger partial charge < -0.3 is 0 Å². The van der Waals surface area contributed by atoms with Gasteiger partial charge in [0.2, 0.25) is 11.8 Å². The Morgan fingerprint density at radius 2 is 1.42 bits per heavy atom. The molecule has 2 atom stereocenters. The second-order valence-electron chi connectivity index (χ2n) is 3.35. The number of fused-ring (bicyclic) bond motifs is 1. The third-order valence-electron chi connectivity index (χ3n) is 2.69. The maximum absolute atomic E-state index is 11.1. The summed E-state index contributed by atoms with van der Waals surface area (Å²) in [5.41, 5.74) is 0. The van der Waals surface area contributed by atoms with Crippen LogP contribution in [0.2, 0.25) is 0 Å². The monoisotopic (exact) mass is 193 g/mol. The fourth-order valence-electron chi connectivity index (χ4n) is 2.07. The van der Waals surface area contributed by atoms with Crippen molar-refractivity contribution in [1.29, 1.82) is 0 Å². The molecule has 2 fully saturated rings. The van der Waals surface area contributed by atoms with Gasteiger partial charge in [0, 0.05) is 11.8 Å². The quantitative estimate of drug-likeness (QED) is 0.428. The molecule has 1 saturated heterocycles. The Morgan fingerprint density at radius 3 is 1.83 bits per heavy atom. The molecule has 2 unspecified atom stereocenters. The Hall–Kier alpha value is 0.776. The fraction of sp³-hybridized carbons (Fsp3) is 0.750. The van der Waals surface area contributed by atoms with Crippen molar-refractivity contribution in [2.75, 3.05) is 0 Å². The van der Waals surface area contributed by atoms with E-state index in [-0.39, 0.29) is 75.0 Å². The van der Waals surface area contributed by atoms with Crippen LogP contribution in [0.1, 0.15) is 25.7 Å². The van der Waals surface area contributed by atoms with Gasteiger partial charge in [0.05, 0.1) is 0 Å². The van der Waals surface area contributed by atoms with Gasteiger partial charge in [-0.25, -0.2) is 0 Å². The van der Waals surface area contributed by atoms with Gasteiger partial charge in [0.15, 0.2) is 0 Å². The first-order valence-corrected chi connectivity index (χ1v) is 4.14. The number of nitrogens with one attached hydrogen (secondary N) is 1. The average molecular weight is 193 g/mol. The van der Waals surface area contributed by atoms with Crippen molar-refractivity contribution in [1.82, 2.24) is 5.32 Å². The third kappa shape index (κ3) is 1.82. The van der Waals surface area contributed by atoms with Gasteiger partial charge in [-0.2, -0.15) is 0 Å². The Labute approximate surface area is 114 Å². The molecule has 0 spiro atoms. The molecule has 4 heteroatoms. The van der Waals surface area contributed by atoms with Crippen LogP contribution >= 0.6 is 0 Å². The Morgan fingerprint density at radius 1 is 1.00 bits per heavy atom. The van der Waals surface area contributed by atoms with Crippen LogP contribution < -0.4 is 5.32 Å². The summed E-state index contributed by atoms with van der Waals surface area (Å²) in [5.74, 6) is -0.0631. The zero-order chi connectivity index (χ0) is 7.84. The topological polar surface area (TPSA) is 46.2 Å². The van der Waals surface area contributed by atoms with Crippen molar-refractivity contribution in [3.05, 3.63) is 0 Å². The molecular weight excluding hydrogens is 181 g/mol. The molecule has 3 nitrogen and oxygen atoms in total. The zero-order valence-corrected chi connectivity index (χ0v) is 6.30. The van der Waals surface area contributed by atoms with Crippen LogP contribution in [0.4, 0.5) is 0 Å². The van der Waals surface area contributed by atoms with Crippen molar-refractivity contribution in [2.24, 2.45) is 11.8 Å². The van der Waals surface area contributed by atoms with Gasteiger partial charge in [0.1, 0.15) is 0 Å². The molecule has 2 amide bonds. The van der Waals surface area contributed by atoms with E-state index in [1.54, 1.807) is 0 Å². The van der Waals surface area contributed by atoms with E-state index in [2.05, 4.69) is 5.32 Å². The molecule has 0 aromatic rings. The molecular formula is C8H12KNO2. The number of imide groups is 1. The fourth-order valence-corrected chi connectivity index (χ4v) is 2.07. The molecule has 62 valence electrons. The van der Waals surface area contributed by atoms with Gasteiger partial charge in [-0.05, 0) is 12.8 Å². The van der Waals surface area contributed by atoms with E-state index in [1.165, 1.54) is 0 Å². The predicted molar refractivity (Wildman–Crippen MR) is 45.7 cm³/mol. The van der Waals surface area contributed by atoms with Crippen LogP contribution in [0.25, 0.3) is 0 Å². The molecule has 0 aromatic carbocycles. The van der Waals surface area contributed by atoms with E-state index in [9.17, 15) is 9.59 Å². The van der Waals surface area contributed by atoms with E-state index < -0.39 is 0 Å². The van der Waals surface area contributed by atoms with Crippen LogP contribution in [0.3, 0.4) is 0 Å². The average Bonchev–Trinajstić information content (AvgIpc) is 2.30. The van der Waals surface area contributed by atoms with E-state index >= 15 is 0 Å². The molecule has 12 heavy (non-hydrogen) atoms. The van der Waals surface area contributed by atoms with E-state index in [1.807, 2.05) is 0 Å². The first-order valence-electron chi connectivity index (χ1n) is 4.14. The van der Waals surface area contributed by atoms with Gasteiger partial charge in [0.25, 0.3) is 0 Å². The third-order valence-corrected chi connectivity index (χ3v) is 2.69. The molecule has 0 radical (unpaired) electrons. The second-order valence-corrected chi connectivity index (χ2v) is 3.35. The summed E-state index contributed by atoms with van der Waals surface area (Å²) in [6.07, 6.45) is 4.01. The van der Waals surface area contributed by atoms with Crippen LogP contribution in [0.15, 0.2) is 0 Å². The summed E-state index contributed by atoms with van der Waals surface area (Å²) in [5, 5.41) is 2.38. The molecule has 2 aliphatic rings. The van der Waals surface area contributed by atoms with Crippen LogP contribution in [0, 0.1) is 11.8 Å². The molecule has 1 aliphatic heterocycles. The first-order chi connectivity index (χ1) is 5.29. The van der Waals surface area contributed by atoms with Gasteiger partial charge in [-0.1, -0.05) is 12.8 Å². The summed E-state index contributed by atoms with van der Waals surface area (Å²) >= 11 is 0. The van der Waals surface area contributed by atoms with Crippen molar-refractivity contribution >= 4 is 63.2 Å². The predicted octanol–water partition coefficient (Wildman–Crippen LogP) is -0.199. The molecule has 1 aliphatic carbocycles. The maximum atomic E-state index is 11.1. The van der Waals surface area contributed by atoms with Crippen molar-refractivity contribution in [3.8, 4) is 0 Å². The minimum absolute atomic E-state index is 0. The number of amides is 2. The van der Waals surface area contributed by atoms with E-state index in [0.29, 0.717) is 0 Å². The van der Waals surface area contributed by atoms with Gasteiger partial charge in [-0.15, -0.1) is 0 Å². The van der Waals surface area contributed by atoms with Crippen molar-refractivity contribution in [3.63, 3.8) is 0 Å². The summed E-state index contributed by atoms with van der Waals surface area (Å²) in [4.78, 5) is 22.2. The van der Waals surface area contributed by atoms with Crippen molar-refractivity contribution < 1.29 is 9.59 Å². The summed E-state index contributed by atoms with van der Waals surface area (Å²) < 4.78 is 0. The van der Waals surface area contributed by atoms with Crippen LogP contribution in [-0.4, -0.2) is 63.2 Å². The molecule has 0 bridgehead atoms. The molecule has 1 saturated carbocycles. The Balaban J connectivity index is 0.000000720. The summed E-state index contributed by atoms with van der Waals surface area (Å²) in [6.45, 7) is 0. The SMILES string of the molecule is O=C1NC(=O)C2CCCCC12.[KH]. The van der Waals surface area contributed by atoms with E-state index in [4.69, 9.17) is 0 Å². The number of hydrogen-bond donors (Lipinski definition) is 1. The molecule has 1 N–H and O–H groups in total. The number of carbonyl (C=O) groups excluding carboxylic acids is 2. The first kappa shape index (κ1) is 10.9. The minimum atomic E-state index is -0.0419. The van der Waals surface area contributed by atoms with Gasteiger partial charge in [-0.3, -0.25) is 14.9 Å². The molecule has 0 aromatic heterocycles. The summed E-state index contributed by atoms with van der Waals surface area (Å²) in [7, 11) is 0. The molecule has 1 heterocycles. The number of rotatable bonds is 0. The second kappa shape index (κ2) is 4.33. The van der Waals surface area contributed by atoms with E-state index in [0.717, 1.165) is 25.7 Å². The van der Waals surface area contributed by atoms with Crippen LogP contribution in [-0.2, 0) is 9.59 Å². The standard InChI is InChI=1S/C8H11NO2.K.H/c10-7-5-3-1-2-4-6(5)8(11)9-7;;/h5-6H,1-4H2,(H,9,10,11);;. The Kier molecular flexibility index (Phi) is 3.91. The summed E-state index contributed by atoms with van der Waals surface area (Å²) in [6, 6.07) is 0. The van der Waals surface area contributed by atoms with Gasteiger partial charge >= 0.3 is 51.4 Å². The number of carbonyl (C=O) groups is 2.